The maximum Gasteiger partial charge on any atom is 0.111 e. The first-order chi connectivity index (χ1) is 8.76. The highest BCUT2D eigenvalue weighted by atomic mass is 127. The Morgan fingerprint density at radius 1 is 1.44 bits per heavy atom. The van der Waals surface area contributed by atoms with Crippen molar-refractivity contribution >= 4 is 45.2 Å². The zero-order chi connectivity index (χ0) is 13.0. The number of aromatic nitrogens is 2. The molecule has 0 fully saturated rings. The van der Waals surface area contributed by atoms with E-state index >= 15 is 0 Å². The minimum atomic E-state index is 0.602. The zero-order valence-corrected chi connectivity index (χ0v) is 13.2. The van der Waals surface area contributed by atoms with Gasteiger partial charge in [0.1, 0.15) is 5.82 Å². The smallest absolute Gasteiger partial charge is 0.111 e. The maximum atomic E-state index is 5.85. The zero-order valence-electron chi connectivity index (χ0n) is 10.3. The Morgan fingerprint density at radius 3 is 3.00 bits per heavy atom. The molecule has 3 nitrogen and oxygen atoms in total. The van der Waals surface area contributed by atoms with Crippen molar-refractivity contribution in [3.05, 3.63) is 27.6 Å². The van der Waals surface area contributed by atoms with E-state index in [1.54, 1.807) is 7.11 Å². The summed E-state index contributed by atoms with van der Waals surface area (Å²) in [5.41, 5.74) is 2.24. The van der Waals surface area contributed by atoms with Gasteiger partial charge in [-0.3, -0.25) is 0 Å². The van der Waals surface area contributed by atoms with E-state index in [9.17, 15) is 0 Å². The number of benzene rings is 1. The molecule has 0 saturated heterocycles. The fraction of sp³-hybridized carbons (Fsp3) is 0.462. The highest BCUT2D eigenvalue weighted by Gasteiger charge is 2.10. The van der Waals surface area contributed by atoms with Crippen LogP contribution >= 0.6 is 34.2 Å². The normalized spacial score (nSPS) is 11.3. The Labute approximate surface area is 126 Å². The van der Waals surface area contributed by atoms with Crippen LogP contribution in [0.2, 0.25) is 0 Å². The van der Waals surface area contributed by atoms with Crippen LogP contribution < -0.4 is 0 Å². The first-order valence-corrected chi connectivity index (χ1v) is 7.57. The average Bonchev–Trinajstić information content (AvgIpc) is 2.67. The third-order valence-corrected chi connectivity index (χ3v) is 3.70. The van der Waals surface area contributed by atoms with E-state index in [0.717, 1.165) is 37.3 Å². The molecule has 2 rings (SSSR count). The first-order valence-electron chi connectivity index (χ1n) is 5.96. The number of fused-ring (bicyclic) bond motifs is 1. The second kappa shape index (κ2) is 6.73. The molecular weight excluding hydrogens is 363 g/mol. The van der Waals surface area contributed by atoms with Gasteiger partial charge in [0.15, 0.2) is 0 Å². The summed E-state index contributed by atoms with van der Waals surface area (Å²) >= 11 is 8.16. The lowest BCUT2D eigenvalue weighted by molar-refractivity contribution is 0.190. The quantitative estimate of drug-likeness (QED) is 0.437. The highest BCUT2D eigenvalue weighted by molar-refractivity contribution is 14.1. The molecule has 98 valence electrons. The second-order valence-electron chi connectivity index (χ2n) is 4.10. The number of ether oxygens (including phenoxy) is 1. The fourth-order valence-electron chi connectivity index (χ4n) is 2.04. The number of imidazole rings is 1. The van der Waals surface area contributed by atoms with Gasteiger partial charge in [-0.05, 0) is 47.2 Å². The molecule has 0 N–H and O–H groups in total. The highest BCUT2D eigenvalue weighted by Crippen LogP contribution is 2.20. The summed E-state index contributed by atoms with van der Waals surface area (Å²) in [4.78, 5) is 4.67. The minimum Gasteiger partial charge on any atom is -0.385 e. The number of hydrogen-bond acceptors (Lipinski definition) is 2. The largest absolute Gasteiger partial charge is 0.385 e. The van der Waals surface area contributed by atoms with Gasteiger partial charge in [0.2, 0.25) is 0 Å². The molecule has 18 heavy (non-hydrogen) atoms. The summed E-state index contributed by atoms with van der Waals surface area (Å²) in [7, 11) is 1.73. The predicted molar refractivity (Wildman–Crippen MR) is 83.4 cm³/mol. The molecule has 0 aliphatic heterocycles. The van der Waals surface area contributed by atoms with Crippen molar-refractivity contribution in [3.8, 4) is 0 Å². The summed E-state index contributed by atoms with van der Waals surface area (Å²) in [6.45, 7) is 1.70. The van der Waals surface area contributed by atoms with Crippen molar-refractivity contribution in [2.75, 3.05) is 19.6 Å². The van der Waals surface area contributed by atoms with Gasteiger partial charge < -0.3 is 9.30 Å². The average molecular weight is 379 g/mol. The molecule has 0 amide bonds. The lowest BCUT2D eigenvalue weighted by Gasteiger charge is -2.08. The Morgan fingerprint density at radius 2 is 2.28 bits per heavy atom. The van der Waals surface area contributed by atoms with E-state index < -0.39 is 0 Å². The van der Waals surface area contributed by atoms with Crippen LogP contribution in [-0.4, -0.2) is 29.1 Å². The van der Waals surface area contributed by atoms with Crippen molar-refractivity contribution in [3.63, 3.8) is 0 Å². The van der Waals surface area contributed by atoms with Gasteiger partial charge in [0.25, 0.3) is 0 Å². The van der Waals surface area contributed by atoms with E-state index in [-0.39, 0.29) is 0 Å². The summed E-state index contributed by atoms with van der Waals surface area (Å²) in [5.74, 6) is 1.67. The molecule has 1 aromatic heterocycles. The number of rotatable bonds is 6. The summed E-state index contributed by atoms with van der Waals surface area (Å²) in [6.07, 6.45) is 1.79. The number of alkyl halides is 1. The summed E-state index contributed by atoms with van der Waals surface area (Å²) in [5, 5.41) is 0. The third kappa shape index (κ3) is 3.16. The topological polar surface area (TPSA) is 27.1 Å². The second-order valence-corrected chi connectivity index (χ2v) is 5.72. The van der Waals surface area contributed by atoms with Crippen molar-refractivity contribution in [1.82, 2.24) is 9.55 Å². The molecule has 0 saturated carbocycles. The molecule has 1 heterocycles. The van der Waals surface area contributed by atoms with Gasteiger partial charge in [-0.25, -0.2) is 4.98 Å². The number of hydrogen-bond donors (Lipinski definition) is 0. The molecule has 2 aromatic rings. The first kappa shape index (κ1) is 14.1. The van der Waals surface area contributed by atoms with E-state index in [1.807, 2.05) is 0 Å². The third-order valence-electron chi connectivity index (χ3n) is 2.84. The lowest BCUT2D eigenvalue weighted by atomic mass is 10.3. The molecule has 0 radical (unpaired) electrons. The lowest BCUT2D eigenvalue weighted by Crippen LogP contribution is -2.06. The van der Waals surface area contributed by atoms with Crippen molar-refractivity contribution in [2.45, 2.75) is 19.4 Å². The monoisotopic (exact) mass is 378 g/mol. The van der Waals surface area contributed by atoms with Gasteiger partial charge in [-0.1, -0.05) is 0 Å². The molecule has 0 unspecified atom stereocenters. The molecule has 0 spiro atoms. The van der Waals surface area contributed by atoms with Crippen LogP contribution in [0.4, 0.5) is 0 Å². The standard InChI is InChI=1S/C13H16ClIN2O/c1-18-8-2-7-17-12-4-3-10(15)9-11(12)16-13(17)5-6-14/h3-4,9H,2,5-8H2,1H3. The van der Waals surface area contributed by atoms with E-state index in [2.05, 4.69) is 50.3 Å². The van der Waals surface area contributed by atoms with Gasteiger partial charge in [-0.2, -0.15) is 0 Å². The minimum absolute atomic E-state index is 0.602. The van der Waals surface area contributed by atoms with Crippen LogP contribution in [0, 0.1) is 3.57 Å². The number of nitrogens with zero attached hydrogens (tertiary/aromatic N) is 2. The summed E-state index contributed by atoms with van der Waals surface area (Å²) in [6, 6.07) is 6.36. The molecule has 0 aliphatic carbocycles. The van der Waals surface area contributed by atoms with Gasteiger partial charge >= 0.3 is 0 Å². The van der Waals surface area contributed by atoms with Crippen LogP contribution in [0.25, 0.3) is 11.0 Å². The van der Waals surface area contributed by atoms with E-state index in [0.29, 0.717) is 5.88 Å². The van der Waals surface area contributed by atoms with Crippen LogP contribution in [0.15, 0.2) is 18.2 Å². The number of aryl methyl sites for hydroxylation is 2. The van der Waals surface area contributed by atoms with Crippen LogP contribution in [0.5, 0.6) is 0 Å². The Hall–Kier alpha value is -0.330. The fourth-order valence-corrected chi connectivity index (χ4v) is 2.69. The molecule has 0 atom stereocenters. The maximum absolute atomic E-state index is 5.85. The number of methoxy groups -OCH3 is 1. The van der Waals surface area contributed by atoms with Gasteiger partial charge in [0, 0.05) is 36.1 Å². The molecule has 5 heteroatoms. The van der Waals surface area contributed by atoms with Crippen LogP contribution in [0.1, 0.15) is 12.2 Å². The Kier molecular flexibility index (Phi) is 5.26. The van der Waals surface area contributed by atoms with Crippen LogP contribution in [-0.2, 0) is 17.7 Å². The van der Waals surface area contributed by atoms with Gasteiger partial charge in [-0.15, -0.1) is 11.6 Å². The van der Waals surface area contributed by atoms with E-state index in [1.165, 1.54) is 9.09 Å². The van der Waals surface area contributed by atoms with Crippen molar-refractivity contribution < 1.29 is 4.74 Å². The molecular formula is C13H16ClIN2O. The SMILES string of the molecule is COCCCn1c(CCCl)nc2cc(I)ccc21. The number of halogens is 2. The molecule has 1 aromatic carbocycles. The molecule has 0 aliphatic rings. The van der Waals surface area contributed by atoms with Gasteiger partial charge in [0.05, 0.1) is 11.0 Å². The summed E-state index contributed by atoms with van der Waals surface area (Å²) < 4.78 is 8.57. The Bertz CT molecular complexity index is 527. The van der Waals surface area contributed by atoms with Crippen molar-refractivity contribution in [2.24, 2.45) is 0 Å². The van der Waals surface area contributed by atoms with Crippen molar-refractivity contribution in [1.29, 1.82) is 0 Å². The predicted octanol–water partition coefficient (Wildman–Crippen LogP) is 3.46. The Balaban J connectivity index is 2.35. The molecule has 0 bridgehead atoms. The van der Waals surface area contributed by atoms with E-state index in [4.69, 9.17) is 16.3 Å². The van der Waals surface area contributed by atoms with Crippen LogP contribution in [0.3, 0.4) is 0 Å².